The highest BCUT2D eigenvalue weighted by molar-refractivity contribution is 5.87. The molecule has 0 saturated carbocycles. The molecule has 7 nitrogen and oxygen atoms in total. The number of hydrogen-bond acceptors (Lipinski definition) is 4. The molecule has 0 aromatic carbocycles. The third-order valence-electron chi connectivity index (χ3n) is 1.47. The SMILES string of the molecule is CN(C)CC(=O)N[C@@H](CC(=O)O)C(=O)O. The molecule has 0 radical (unpaired) electrons. The van der Waals surface area contributed by atoms with E-state index in [1.165, 1.54) is 0 Å². The summed E-state index contributed by atoms with van der Waals surface area (Å²) in [7, 11) is 3.29. The standard InChI is InChI=1S/C8H14N2O5/c1-10(2)4-6(11)9-5(8(14)15)3-7(12)13/h5H,3-4H2,1-2H3,(H,9,11)(H,12,13)(H,14,15)/t5-/m0/s1. The molecule has 0 fully saturated rings. The minimum Gasteiger partial charge on any atom is -0.481 e. The zero-order valence-electron chi connectivity index (χ0n) is 8.56. The van der Waals surface area contributed by atoms with Gasteiger partial charge >= 0.3 is 11.9 Å². The zero-order valence-corrected chi connectivity index (χ0v) is 8.56. The van der Waals surface area contributed by atoms with Gasteiger partial charge in [-0.05, 0) is 14.1 Å². The predicted molar refractivity (Wildman–Crippen MR) is 50.4 cm³/mol. The number of nitrogens with one attached hydrogen (secondary N) is 1. The smallest absolute Gasteiger partial charge is 0.326 e. The molecule has 0 aromatic rings. The topological polar surface area (TPSA) is 107 Å². The average Bonchev–Trinajstić information content (AvgIpc) is 1.99. The first-order valence-electron chi connectivity index (χ1n) is 4.21. The quantitative estimate of drug-likeness (QED) is 0.505. The van der Waals surface area contributed by atoms with Gasteiger partial charge in [0.2, 0.25) is 5.91 Å². The molecular formula is C8H14N2O5. The van der Waals surface area contributed by atoms with E-state index in [4.69, 9.17) is 10.2 Å². The Morgan fingerprint density at radius 2 is 1.80 bits per heavy atom. The van der Waals surface area contributed by atoms with Gasteiger partial charge < -0.3 is 20.4 Å². The van der Waals surface area contributed by atoms with Gasteiger partial charge in [-0.1, -0.05) is 0 Å². The lowest BCUT2D eigenvalue weighted by atomic mass is 10.2. The number of amides is 1. The first-order chi connectivity index (χ1) is 6.82. The van der Waals surface area contributed by atoms with Gasteiger partial charge in [0.25, 0.3) is 0 Å². The van der Waals surface area contributed by atoms with E-state index in [0.29, 0.717) is 0 Å². The van der Waals surface area contributed by atoms with Gasteiger partial charge in [-0.25, -0.2) is 4.79 Å². The van der Waals surface area contributed by atoms with Crippen LogP contribution in [0.2, 0.25) is 0 Å². The van der Waals surface area contributed by atoms with Crippen molar-refractivity contribution in [3.8, 4) is 0 Å². The van der Waals surface area contributed by atoms with Gasteiger partial charge in [0.15, 0.2) is 0 Å². The number of carboxylic acids is 2. The maximum atomic E-state index is 11.1. The molecule has 0 rings (SSSR count). The summed E-state index contributed by atoms with van der Waals surface area (Å²) in [6.07, 6.45) is -0.630. The normalized spacial score (nSPS) is 12.2. The van der Waals surface area contributed by atoms with E-state index in [9.17, 15) is 14.4 Å². The summed E-state index contributed by atoms with van der Waals surface area (Å²) in [4.78, 5) is 33.5. The lowest BCUT2D eigenvalue weighted by Crippen LogP contribution is -2.45. The first kappa shape index (κ1) is 13.4. The Kier molecular flexibility index (Phi) is 5.32. The van der Waals surface area contributed by atoms with Crippen molar-refractivity contribution in [1.29, 1.82) is 0 Å². The van der Waals surface area contributed by atoms with Gasteiger partial charge in [-0.15, -0.1) is 0 Å². The first-order valence-corrected chi connectivity index (χ1v) is 4.21. The maximum absolute atomic E-state index is 11.1. The number of carbonyl (C=O) groups excluding carboxylic acids is 1. The predicted octanol–water partition coefficient (Wildman–Crippen LogP) is -1.41. The van der Waals surface area contributed by atoms with Crippen molar-refractivity contribution < 1.29 is 24.6 Å². The number of hydrogen-bond donors (Lipinski definition) is 3. The van der Waals surface area contributed by atoms with Crippen LogP contribution in [0.3, 0.4) is 0 Å². The van der Waals surface area contributed by atoms with E-state index in [2.05, 4.69) is 5.32 Å². The fraction of sp³-hybridized carbons (Fsp3) is 0.625. The molecule has 0 unspecified atom stereocenters. The second-order valence-corrected chi connectivity index (χ2v) is 3.29. The highest BCUT2D eigenvalue weighted by atomic mass is 16.4. The molecular weight excluding hydrogens is 204 g/mol. The molecule has 0 aliphatic carbocycles. The Bertz CT molecular complexity index is 264. The molecule has 0 aliphatic heterocycles. The summed E-state index contributed by atoms with van der Waals surface area (Å²) in [6, 6.07) is -1.38. The Morgan fingerprint density at radius 1 is 1.27 bits per heavy atom. The zero-order chi connectivity index (χ0) is 12.0. The second kappa shape index (κ2) is 5.97. The third-order valence-corrected chi connectivity index (χ3v) is 1.47. The van der Waals surface area contributed by atoms with Gasteiger partial charge in [0.1, 0.15) is 6.04 Å². The van der Waals surface area contributed by atoms with Gasteiger partial charge in [0, 0.05) is 0 Å². The van der Waals surface area contributed by atoms with Crippen LogP contribution in [0, 0.1) is 0 Å². The summed E-state index contributed by atoms with van der Waals surface area (Å²) in [5.41, 5.74) is 0. The Morgan fingerprint density at radius 3 is 2.13 bits per heavy atom. The molecule has 86 valence electrons. The molecule has 0 heterocycles. The van der Waals surface area contributed by atoms with Crippen LogP contribution in [0.15, 0.2) is 0 Å². The summed E-state index contributed by atoms with van der Waals surface area (Å²) in [5, 5.41) is 19.1. The average molecular weight is 218 g/mol. The van der Waals surface area contributed by atoms with Crippen LogP contribution in [0.5, 0.6) is 0 Å². The van der Waals surface area contributed by atoms with Crippen molar-refractivity contribution in [3.05, 3.63) is 0 Å². The Balaban J connectivity index is 4.22. The summed E-state index contributed by atoms with van der Waals surface area (Å²) in [5.74, 6) is -3.15. The monoisotopic (exact) mass is 218 g/mol. The second-order valence-electron chi connectivity index (χ2n) is 3.29. The van der Waals surface area contributed by atoms with E-state index in [1.807, 2.05) is 0 Å². The van der Waals surface area contributed by atoms with Crippen LogP contribution in [0.1, 0.15) is 6.42 Å². The fourth-order valence-corrected chi connectivity index (χ4v) is 0.902. The van der Waals surface area contributed by atoms with Crippen molar-refractivity contribution in [2.75, 3.05) is 20.6 Å². The molecule has 0 bridgehead atoms. The summed E-state index contributed by atoms with van der Waals surface area (Å²) < 4.78 is 0. The maximum Gasteiger partial charge on any atom is 0.326 e. The van der Waals surface area contributed by atoms with Crippen LogP contribution < -0.4 is 5.32 Å². The van der Waals surface area contributed by atoms with E-state index in [1.54, 1.807) is 19.0 Å². The molecule has 0 aliphatic rings. The largest absolute Gasteiger partial charge is 0.481 e. The highest BCUT2D eigenvalue weighted by Gasteiger charge is 2.22. The molecule has 0 spiro atoms. The van der Waals surface area contributed by atoms with Crippen molar-refractivity contribution in [2.45, 2.75) is 12.5 Å². The Hall–Kier alpha value is -1.63. The molecule has 0 aromatic heterocycles. The van der Waals surface area contributed by atoms with Crippen LogP contribution in [-0.4, -0.2) is 59.6 Å². The van der Waals surface area contributed by atoms with Crippen LogP contribution in [-0.2, 0) is 14.4 Å². The van der Waals surface area contributed by atoms with Crippen LogP contribution >= 0.6 is 0 Å². The Labute approximate surface area is 86.7 Å². The number of likely N-dealkylation sites (N-methyl/N-ethyl adjacent to an activating group) is 1. The number of aliphatic carboxylic acids is 2. The number of rotatable bonds is 6. The van der Waals surface area contributed by atoms with Crippen molar-refractivity contribution in [3.63, 3.8) is 0 Å². The third kappa shape index (κ3) is 6.44. The fourth-order valence-electron chi connectivity index (χ4n) is 0.902. The highest BCUT2D eigenvalue weighted by Crippen LogP contribution is 1.93. The number of carbonyl (C=O) groups is 3. The number of carboxylic acid groups (broad SMARTS) is 2. The van der Waals surface area contributed by atoms with Gasteiger partial charge in [0.05, 0.1) is 13.0 Å². The molecule has 15 heavy (non-hydrogen) atoms. The van der Waals surface area contributed by atoms with E-state index in [-0.39, 0.29) is 6.54 Å². The molecule has 3 N–H and O–H groups in total. The van der Waals surface area contributed by atoms with E-state index >= 15 is 0 Å². The molecule has 1 atom stereocenters. The van der Waals surface area contributed by atoms with Crippen LogP contribution in [0.25, 0.3) is 0 Å². The summed E-state index contributed by atoms with van der Waals surface area (Å²) >= 11 is 0. The van der Waals surface area contributed by atoms with E-state index < -0.39 is 30.3 Å². The molecule has 0 saturated heterocycles. The van der Waals surface area contributed by atoms with E-state index in [0.717, 1.165) is 0 Å². The minimum atomic E-state index is -1.38. The number of nitrogens with zero attached hydrogens (tertiary/aromatic N) is 1. The van der Waals surface area contributed by atoms with Crippen molar-refractivity contribution >= 4 is 17.8 Å². The van der Waals surface area contributed by atoms with Crippen molar-refractivity contribution in [2.24, 2.45) is 0 Å². The summed E-state index contributed by atoms with van der Waals surface area (Å²) in [6.45, 7) is 0.0173. The minimum absolute atomic E-state index is 0.0173. The lowest BCUT2D eigenvalue weighted by Gasteiger charge is -2.14. The molecule has 1 amide bonds. The molecule has 7 heteroatoms. The van der Waals surface area contributed by atoms with Crippen molar-refractivity contribution in [1.82, 2.24) is 10.2 Å². The van der Waals surface area contributed by atoms with Crippen LogP contribution in [0.4, 0.5) is 0 Å². The van der Waals surface area contributed by atoms with Gasteiger partial charge in [-0.3, -0.25) is 9.59 Å². The lowest BCUT2D eigenvalue weighted by molar-refractivity contribution is -0.147. The van der Waals surface area contributed by atoms with Gasteiger partial charge in [-0.2, -0.15) is 0 Å².